The predicted molar refractivity (Wildman–Crippen MR) is 81.4 cm³/mol. The van der Waals surface area contributed by atoms with E-state index < -0.39 is 0 Å². The van der Waals surface area contributed by atoms with Gasteiger partial charge in [-0.1, -0.05) is 40.9 Å². The molecule has 0 aromatic heterocycles. The fourth-order valence-electron chi connectivity index (χ4n) is 3.13. The molecule has 3 rings (SSSR count). The molecule has 3 nitrogen and oxygen atoms in total. The maximum atomic E-state index is 12.2. The number of hydrogen-bond donors (Lipinski definition) is 2. The molecular formula is C16H20BrNO2. The van der Waals surface area contributed by atoms with Crippen molar-refractivity contribution in [2.75, 3.05) is 0 Å². The lowest BCUT2D eigenvalue weighted by molar-refractivity contribution is -0.124. The van der Waals surface area contributed by atoms with Crippen molar-refractivity contribution in [3.8, 4) is 0 Å². The van der Waals surface area contributed by atoms with Crippen molar-refractivity contribution in [1.82, 2.24) is 5.32 Å². The Hall–Kier alpha value is -0.870. The SMILES string of the molecule is O=C(NC1CCCCC1O)C1CC1c1ccc(Br)cc1. The van der Waals surface area contributed by atoms with Crippen LogP contribution in [-0.2, 0) is 4.79 Å². The van der Waals surface area contributed by atoms with E-state index in [-0.39, 0.29) is 24.0 Å². The van der Waals surface area contributed by atoms with Gasteiger partial charge in [-0.3, -0.25) is 4.79 Å². The van der Waals surface area contributed by atoms with Gasteiger partial charge in [-0.2, -0.15) is 0 Å². The zero-order valence-electron chi connectivity index (χ0n) is 11.4. The van der Waals surface area contributed by atoms with E-state index in [9.17, 15) is 9.90 Å². The van der Waals surface area contributed by atoms with Gasteiger partial charge in [-0.25, -0.2) is 0 Å². The second-order valence-electron chi connectivity index (χ2n) is 5.97. The van der Waals surface area contributed by atoms with Crippen LogP contribution in [0.25, 0.3) is 0 Å². The Morgan fingerprint density at radius 3 is 2.60 bits per heavy atom. The van der Waals surface area contributed by atoms with Crippen LogP contribution in [0.5, 0.6) is 0 Å². The van der Waals surface area contributed by atoms with Gasteiger partial charge in [0.15, 0.2) is 0 Å². The summed E-state index contributed by atoms with van der Waals surface area (Å²) in [5.74, 6) is 0.554. The zero-order chi connectivity index (χ0) is 14.1. The summed E-state index contributed by atoms with van der Waals surface area (Å²) in [5, 5.41) is 13.0. The zero-order valence-corrected chi connectivity index (χ0v) is 13.0. The van der Waals surface area contributed by atoms with Gasteiger partial charge < -0.3 is 10.4 Å². The summed E-state index contributed by atoms with van der Waals surface area (Å²) in [4.78, 5) is 12.2. The number of hydrogen-bond acceptors (Lipinski definition) is 2. The van der Waals surface area contributed by atoms with E-state index in [1.165, 1.54) is 5.56 Å². The van der Waals surface area contributed by atoms with Crippen molar-refractivity contribution >= 4 is 21.8 Å². The molecule has 1 aromatic rings. The van der Waals surface area contributed by atoms with Crippen LogP contribution >= 0.6 is 15.9 Å². The normalized spacial score (nSPS) is 32.7. The molecule has 0 aliphatic heterocycles. The number of amides is 1. The highest BCUT2D eigenvalue weighted by atomic mass is 79.9. The number of carbonyl (C=O) groups is 1. The van der Waals surface area contributed by atoms with E-state index in [1.807, 2.05) is 12.1 Å². The molecular weight excluding hydrogens is 318 g/mol. The van der Waals surface area contributed by atoms with Crippen molar-refractivity contribution in [3.05, 3.63) is 34.3 Å². The van der Waals surface area contributed by atoms with Crippen molar-refractivity contribution in [2.45, 2.75) is 50.2 Å². The average molecular weight is 338 g/mol. The molecule has 2 fully saturated rings. The fraction of sp³-hybridized carbons (Fsp3) is 0.562. The highest BCUT2D eigenvalue weighted by Crippen LogP contribution is 2.47. The number of carbonyl (C=O) groups excluding carboxylic acids is 1. The lowest BCUT2D eigenvalue weighted by Gasteiger charge is -2.28. The topological polar surface area (TPSA) is 49.3 Å². The van der Waals surface area contributed by atoms with Crippen molar-refractivity contribution in [3.63, 3.8) is 0 Å². The lowest BCUT2D eigenvalue weighted by Crippen LogP contribution is -2.45. The summed E-state index contributed by atoms with van der Waals surface area (Å²) in [6.45, 7) is 0. The van der Waals surface area contributed by atoms with E-state index in [0.717, 1.165) is 36.6 Å². The summed E-state index contributed by atoms with van der Waals surface area (Å²) >= 11 is 3.42. The third-order valence-corrected chi connectivity index (χ3v) is 5.01. The monoisotopic (exact) mass is 337 g/mol. The minimum absolute atomic E-state index is 0.0394. The van der Waals surface area contributed by atoms with E-state index in [4.69, 9.17) is 0 Å². The van der Waals surface area contributed by atoms with Crippen LogP contribution in [0.3, 0.4) is 0 Å². The molecule has 1 aromatic carbocycles. The van der Waals surface area contributed by atoms with E-state index >= 15 is 0 Å². The molecule has 0 radical (unpaired) electrons. The molecule has 20 heavy (non-hydrogen) atoms. The largest absolute Gasteiger partial charge is 0.391 e. The number of halogens is 1. The Morgan fingerprint density at radius 1 is 1.20 bits per heavy atom. The Labute approximate surface area is 127 Å². The van der Waals surface area contributed by atoms with Gasteiger partial charge in [-0.05, 0) is 42.9 Å². The standard InChI is InChI=1S/C16H20BrNO2/c17-11-7-5-10(6-8-11)12-9-13(12)16(20)18-14-3-1-2-4-15(14)19/h5-8,12-15,19H,1-4,9H2,(H,18,20). The van der Waals surface area contributed by atoms with Crippen LogP contribution in [0.1, 0.15) is 43.6 Å². The Balaban J connectivity index is 1.56. The van der Waals surface area contributed by atoms with Gasteiger partial charge >= 0.3 is 0 Å². The first-order valence-corrected chi connectivity index (χ1v) is 8.18. The first-order chi connectivity index (χ1) is 9.65. The van der Waals surface area contributed by atoms with Crippen LogP contribution in [0.15, 0.2) is 28.7 Å². The molecule has 2 N–H and O–H groups in total. The molecule has 0 spiro atoms. The van der Waals surface area contributed by atoms with Crippen molar-refractivity contribution < 1.29 is 9.90 Å². The maximum Gasteiger partial charge on any atom is 0.224 e. The smallest absolute Gasteiger partial charge is 0.224 e. The molecule has 108 valence electrons. The molecule has 2 aliphatic rings. The highest BCUT2D eigenvalue weighted by Gasteiger charge is 2.44. The second kappa shape index (κ2) is 5.86. The molecule has 2 saturated carbocycles. The highest BCUT2D eigenvalue weighted by molar-refractivity contribution is 9.10. The Morgan fingerprint density at radius 2 is 1.90 bits per heavy atom. The van der Waals surface area contributed by atoms with E-state index in [2.05, 4.69) is 33.4 Å². The third kappa shape index (κ3) is 3.07. The summed E-state index contributed by atoms with van der Waals surface area (Å²) in [7, 11) is 0. The van der Waals surface area contributed by atoms with Crippen LogP contribution < -0.4 is 5.32 Å². The van der Waals surface area contributed by atoms with Crippen LogP contribution in [0.2, 0.25) is 0 Å². The molecule has 4 unspecified atom stereocenters. The van der Waals surface area contributed by atoms with Crippen molar-refractivity contribution in [1.29, 1.82) is 0 Å². The molecule has 2 aliphatic carbocycles. The number of benzene rings is 1. The summed E-state index contributed by atoms with van der Waals surface area (Å²) in [6, 6.07) is 8.16. The second-order valence-corrected chi connectivity index (χ2v) is 6.88. The quantitative estimate of drug-likeness (QED) is 0.890. The minimum Gasteiger partial charge on any atom is -0.391 e. The number of rotatable bonds is 3. The molecule has 0 saturated heterocycles. The third-order valence-electron chi connectivity index (χ3n) is 4.48. The first kappa shape index (κ1) is 14.1. The number of aliphatic hydroxyl groups excluding tert-OH is 1. The van der Waals surface area contributed by atoms with Gasteiger partial charge in [0.2, 0.25) is 5.91 Å². The van der Waals surface area contributed by atoms with E-state index in [1.54, 1.807) is 0 Å². The van der Waals surface area contributed by atoms with Gasteiger partial charge in [-0.15, -0.1) is 0 Å². The minimum atomic E-state index is -0.363. The molecule has 0 heterocycles. The number of nitrogens with one attached hydrogen (secondary N) is 1. The molecule has 0 bridgehead atoms. The summed E-state index contributed by atoms with van der Waals surface area (Å²) in [6.07, 6.45) is 4.45. The van der Waals surface area contributed by atoms with Gasteiger partial charge in [0.25, 0.3) is 0 Å². The molecule has 4 heteroatoms. The van der Waals surface area contributed by atoms with Crippen molar-refractivity contribution in [2.24, 2.45) is 5.92 Å². The van der Waals surface area contributed by atoms with Gasteiger partial charge in [0, 0.05) is 10.4 Å². The van der Waals surface area contributed by atoms with E-state index in [0.29, 0.717) is 5.92 Å². The van der Waals surface area contributed by atoms with Crippen LogP contribution in [0.4, 0.5) is 0 Å². The number of aliphatic hydroxyl groups is 1. The summed E-state index contributed by atoms with van der Waals surface area (Å²) in [5.41, 5.74) is 1.23. The molecule has 4 atom stereocenters. The maximum absolute atomic E-state index is 12.2. The van der Waals surface area contributed by atoms with Crippen LogP contribution in [-0.4, -0.2) is 23.2 Å². The Kier molecular flexibility index (Phi) is 4.13. The lowest BCUT2D eigenvalue weighted by atomic mass is 9.92. The molecule has 1 amide bonds. The van der Waals surface area contributed by atoms with Gasteiger partial charge in [0.1, 0.15) is 0 Å². The predicted octanol–water partition coefficient (Wildman–Crippen LogP) is 2.97. The summed E-state index contributed by atoms with van der Waals surface area (Å²) < 4.78 is 1.06. The Bertz CT molecular complexity index is 488. The average Bonchev–Trinajstić information content (AvgIpc) is 3.23. The van der Waals surface area contributed by atoms with Gasteiger partial charge in [0.05, 0.1) is 12.1 Å². The van der Waals surface area contributed by atoms with Crippen LogP contribution in [0, 0.1) is 5.92 Å². The fourth-order valence-corrected chi connectivity index (χ4v) is 3.40. The first-order valence-electron chi connectivity index (χ1n) is 7.39.